The number of hydrogen-bond donors (Lipinski definition) is 2. The Bertz CT molecular complexity index is 1610. The van der Waals surface area contributed by atoms with Crippen LogP contribution >= 0.6 is 0 Å². The predicted octanol–water partition coefficient (Wildman–Crippen LogP) is 4.82. The number of likely N-dealkylation sites (N-methyl/N-ethyl adjacent to an activating group) is 3. The van der Waals surface area contributed by atoms with Gasteiger partial charge in [0.15, 0.2) is 5.82 Å². The van der Waals surface area contributed by atoms with Crippen LogP contribution in [0.15, 0.2) is 48.9 Å². The van der Waals surface area contributed by atoms with Gasteiger partial charge in [0.1, 0.15) is 17.4 Å². The quantitative estimate of drug-likeness (QED) is 0.231. The molecule has 2 N–H and O–H groups in total. The monoisotopic (exact) mass is 611 g/mol. The number of rotatable bonds is 12. The molecule has 0 saturated heterocycles. The van der Waals surface area contributed by atoms with Gasteiger partial charge in [0.25, 0.3) is 5.91 Å². The standard InChI is InChI=1S/C30H36F3N9O2/c1-19-7-8-20(28(43)37-21-9-10-25(22(16-21)30(31,32)33)41(4)12-11-40(2)3)15-23(19)38-27-26-24(35-18-36-27)17-34-29(39-26)42(5)13-14-44-6/h7-10,15-18H,11-14H2,1-6H3,(H,37,43)(H,35,36,38). The third-order valence-corrected chi connectivity index (χ3v) is 6.94. The van der Waals surface area contributed by atoms with Crippen LogP contribution in [0.1, 0.15) is 21.5 Å². The first-order valence-corrected chi connectivity index (χ1v) is 13.8. The average Bonchev–Trinajstić information content (AvgIpc) is 2.99. The van der Waals surface area contributed by atoms with Crippen LogP contribution in [0.25, 0.3) is 11.0 Å². The van der Waals surface area contributed by atoms with E-state index in [-0.39, 0.29) is 16.9 Å². The highest BCUT2D eigenvalue weighted by Gasteiger charge is 2.35. The van der Waals surface area contributed by atoms with Gasteiger partial charge in [0, 0.05) is 63.5 Å². The lowest BCUT2D eigenvalue weighted by molar-refractivity contribution is -0.137. The minimum absolute atomic E-state index is 0.0331. The van der Waals surface area contributed by atoms with Crippen molar-refractivity contribution in [2.45, 2.75) is 13.1 Å². The third kappa shape index (κ3) is 7.88. The van der Waals surface area contributed by atoms with E-state index >= 15 is 0 Å². The molecule has 11 nitrogen and oxygen atoms in total. The minimum atomic E-state index is -4.61. The molecule has 1 amide bonds. The first-order chi connectivity index (χ1) is 20.9. The van der Waals surface area contributed by atoms with E-state index in [1.807, 2.05) is 37.9 Å². The maximum absolute atomic E-state index is 14.0. The van der Waals surface area contributed by atoms with Crippen molar-refractivity contribution >= 4 is 45.8 Å². The van der Waals surface area contributed by atoms with Crippen LogP contribution in [0.2, 0.25) is 0 Å². The van der Waals surface area contributed by atoms with Crippen molar-refractivity contribution in [2.75, 3.05) is 82.0 Å². The van der Waals surface area contributed by atoms with Gasteiger partial charge >= 0.3 is 6.18 Å². The number of nitrogens with one attached hydrogen (secondary N) is 2. The van der Waals surface area contributed by atoms with Gasteiger partial charge in [-0.3, -0.25) is 4.79 Å². The van der Waals surface area contributed by atoms with E-state index in [1.165, 1.54) is 18.5 Å². The number of amides is 1. The number of aromatic nitrogens is 4. The molecule has 0 atom stereocenters. The Morgan fingerprint density at radius 2 is 1.73 bits per heavy atom. The van der Waals surface area contributed by atoms with E-state index in [4.69, 9.17) is 4.74 Å². The summed E-state index contributed by atoms with van der Waals surface area (Å²) in [5.41, 5.74) is 1.86. The molecule has 234 valence electrons. The number of aryl methyl sites for hydroxylation is 1. The van der Waals surface area contributed by atoms with Gasteiger partial charge in [0.05, 0.1) is 18.4 Å². The maximum atomic E-state index is 14.0. The van der Waals surface area contributed by atoms with Crippen LogP contribution in [0.5, 0.6) is 0 Å². The van der Waals surface area contributed by atoms with Gasteiger partial charge in [0.2, 0.25) is 5.95 Å². The summed E-state index contributed by atoms with van der Waals surface area (Å²) < 4.78 is 47.1. The predicted molar refractivity (Wildman–Crippen MR) is 166 cm³/mol. The van der Waals surface area contributed by atoms with Gasteiger partial charge in [-0.2, -0.15) is 13.2 Å². The van der Waals surface area contributed by atoms with Crippen LogP contribution in [-0.4, -0.2) is 92.3 Å². The van der Waals surface area contributed by atoms with Crippen LogP contribution in [0.3, 0.4) is 0 Å². The first kappa shape index (κ1) is 32.4. The summed E-state index contributed by atoms with van der Waals surface area (Å²) in [7, 11) is 8.78. The minimum Gasteiger partial charge on any atom is -0.383 e. The summed E-state index contributed by atoms with van der Waals surface area (Å²) in [6.45, 7) is 3.92. The van der Waals surface area contributed by atoms with E-state index in [1.54, 1.807) is 43.5 Å². The SMILES string of the molecule is COCCN(C)c1ncc2ncnc(Nc3cc(C(=O)Nc4ccc(N(C)CCN(C)C)c(C(F)(F)F)c4)ccc3C)c2n1. The highest BCUT2D eigenvalue weighted by atomic mass is 19.4. The lowest BCUT2D eigenvalue weighted by Crippen LogP contribution is -2.30. The summed E-state index contributed by atoms with van der Waals surface area (Å²) in [5, 5.41) is 5.84. The van der Waals surface area contributed by atoms with Crippen LogP contribution in [0, 0.1) is 6.92 Å². The molecule has 0 saturated carbocycles. The number of carbonyl (C=O) groups is 1. The number of fused-ring (bicyclic) bond motifs is 1. The first-order valence-electron chi connectivity index (χ1n) is 13.8. The fraction of sp³-hybridized carbons (Fsp3) is 0.367. The average molecular weight is 612 g/mol. The van der Waals surface area contributed by atoms with Gasteiger partial charge in [-0.05, 0) is 56.9 Å². The molecule has 0 radical (unpaired) electrons. The Hall–Kier alpha value is -4.56. The number of carbonyl (C=O) groups excluding carboxylic acids is 1. The Morgan fingerprint density at radius 3 is 2.43 bits per heavy atom. The van der Waals surface area contributed by atoms with Crippen molar-refractivity contribution < 1.29 is 22.7 Å². The largest absolute Gasteiger partial charge is 0.418 e. The lowest BCUT2D eigenvalue weighted by Gasteiger charge is -2.25. The van der Waals surface area contributed by atoms with Gasteiger partial charge in [-0.15, -0.1) is 0 Å². The molecule has 0 aliphatic carbocycles. The van der Waals surface area contributed by atoms with Crippen molar-refractivity contribution in [3.05, 3.63) is 65.6 Å². The van der Waals surface area contributed by atoms with Crippen molar-refractivity contribution in [3.8, 4) is 0 Å². The van der Waals surface area contributed by atoms with E-state index in [0.29, 0.717) is 54.7 Å². The van der Waals surface area contributed by atoms with E-state index in [2.05, 4.69) is 30.6 Å². The fourth-order valence-corrected chi connectivity index (χ4v) is 4.32. The summed E-state index contributed by atoms with van der Waals surface area (Å²) in [5.74, 6) is 0.306. The molecule has 0 bridgehead atoms. The number of methoxy groups -OCH3 is 1. The smallest absolute Gasteiger partial charge is 0.383 e. The van der Waals surface area contributed by atoms with Crippen LogP contribution < -0.4 is 20.4 Å². The van der Waals surface area contributed by atoms with Crippen molar-refractivity contribution in [1.82, 2.24) is 24.8 Å². The number of halogens is 3. The molecular formula is C30H36F3N9O2. The van der Waals surface area contributed by atoms with Crippen molar-refractivity contribution in [2.24, 2.45) is 0 Å². The lowest BCUT2D eigenvalue weighted by atomic mass is 10.1. The zero-order chi connectivity index (χ0) is 32.0. The van der Waals surface area contributed by atoms with Crippen LogP contribution in [0.4, 0.5) is 42.0 Å². The van der Waals surface area contributed by atoms with Gasteiger partial charge in [-0.1, -0.05) is 6.07 Å². The van der Waals surface area contributed by atoms with Crippen molar-refractivity contribution in [3.63, 3.8) is 0 Å². The molecule has 14 heteroatoms. The number of hydrogen-bond acceptors (Lipinski definition) is 10. The van der Waals surface area contributed by atoms with Gasteiger partial charge in [-0.25, -0.2) is 19.9 Å². The molecule has 0 unspecified atom stereocenters. The highest BCUT2D eigenvalue weighted by molar-refractivity contribution is 6.05. The number of anilines is 5. The van der Waals surface area contributed by atoms with E-state index < -0.39 is 17.6 Å². The molecule has 2 heterocycles. The number of nitrogens with zero attached hydrogens (tertiary/aromatic N) is 7. The Morgan fingerprint density at radius 1 is 0.955 bits per heavy atom. The molecule has 0 fully saturated rings. The molecule has 4 rings (SSSR count). The molecule has 2 aromatic carbocycles. The third-order valence-electron chi connectivity index (χ3n) is 6.94. The zero-order valence-electron chi connectivity index (χ0n) is 25.5. The van der Waals surface area contributed by atoms with Gasteiger partial charge < -0.3 is 30.1 Å². The maximum Gasteiger partial charge on any atom is 0.418 e. The molecule has 0 spiro atoms. The molecule has 4 aromatic rings. The zero-order valence-corrected chi connectivity index (χ0v) is 25.5. The second kappa shape index (κ2) is 13.8. The number of benzene rings is 2. The Labute approximate surface area is 254 Å². The summed E-state index contributed by atoms with van der Waals surface area (Å²) in [6, 6.07) is 8.76. The summed E-state index contributed by atoms with van der Waals surface area (Å²) in [6.07, 6.45) is -1.62. The molecule has 2 aromatic heterocycles. The summed E-state index contributed by atoms with van der Waals surface area (Å²) in [4.78, 5) is 36.1. The molecule has 0 aliphatic heterocycles. The Balaban J connectivity index is 1.58. The summed E-state index contributed by atoms with van der Waals surface area (Å²) >= 11 is 0. The van der Waals surface area contributed by atoms with E-state index in [0.717, 1.165) is 11.6 Å². The molecular weight excluding hydrogens is 575 g/mol. The normalized spacial score (nSPS) is 11.6. The van der Waals surface area contributed by atoms with E-state index in [9.17, 15) is 18.0 Å². The topological polar surface area (TPSA) is 112 Å². The number of alkyl halides is 3. The molecule has 44 heavy (non-hydrogen) atoms. The fourth-order valence-electron chi connectivity index (χ4n) is 4.32. The number of ether oxygens (including phenoxy) is 1. The molecule has 0 aliphatic rings. The highest BCUT2D eigenvalue weighted by Crippen LogP contribution is 2.38. The van der Waals surface area contributed by atoms with Crippen LogP contribution in [-0.2, 0) is 10.9 Å². The second-order valence-electron chi connectivity index (χ2n) is 10.6. The van der Waals surface area contributed by atoms with Crippen molar-refractivity contribution in [1.29, 1.82) is 0 Å². The Kier molecular flexibility index (Phi) is 10.2. The second-order valence-corrected chi connectivity index (χ2v) is 10.6.